The molecule has 0 aliphatic rings. The van der Waals surface area contributed by atoms with E-state index in [-0.39, 0.29) is 5.57 Å². The van der Waals surface area contributed by atoms with E-state index in [0.29, 0.717) is 0 Å². The number of rotatable bonds is 3. The van der Waals surface area contributed by atoms with Crippen LogP contribution in [0.15, 0.2) is 48.3 Å². The van der Waals surface area contributed by atoms with Crippen molar-refractivity contribution in [1.29, 1.82) is 0 Å². The average molecular weight is 228 g/mol. The summed E-state index contributed by atoms with van der Waals surface area (Å²) in [7, 11) is 0. The third kappa shape index (κ3) is 2.60. The summed E-state index contributed by atoms with van der Waals surface area (Å²) in [5, 5.41) is 12.9. The number of carboxylic acids is 1. The van der Waals surface area contributed by atoms with E-state index in [1.807, 2.05) is 30.3 Å². The van der Waals surface area contributed by atoms with Gasteiger partial charge in [-0.3, -0.25) is 0 Å². The van der Waals surface area contributed by atoms with Crippen LogP contribution in [-0.4, -0.2) is 20.9 Å². The molecule has 4 heteroatoms. The Bertz CT molecular complexity index is 556. The Hall–Kier alpha value is -2.36. The molecule has 17 heavy (non-hydrogen) atoms. The summed E-state index contributed by atoms with van der Waals surface area (Å²) in [6.45, 7) is 1.56. The summed E-state index contributed by atoms with van der Waals surface area (Å²) in [5.74, 6) is -0.919. The standard InChI is InChI=1S/C13H12N2O2/c1-10(13(16)17)7-11-8-14-15(9-11)12-5-3-2-4-6-12/h2-9H,1H3,(H,16,17). The van der Waals surface area contributed by atoms with Gasteiger partial charge in [0.25, 0.3) is 0 Å². The molecule has 1 aromatic carbocycles. The van der Waals surface area contributed by atoms with Crippen LogP contribution in [-0.2, 0) is 4.79 Å². The summed E-state index contributed by atoms with van der Waals surface area (Å²) in [4.78, 5) is 10.7. The summed E-state index contributed by atoms with van der Waals surface area (Å²) in [6, 6.07) is 9.65. The third-order valence-corrected chi connectivity index (χ3v) is 2.34. The number of hydrogen-bond acceptors (Lipinski definition) is 2. The molecule has 0 fully saturated rings. The predicted octanol–water partition coefficient (Wildman–Crippen LogP) is 2.36. The van der Waals surface area contributed by atoms with Gasteiger partial charge in [0.15, 0.2) is 0 Å². The van der Waals surface area contributed by atoms with Crippen LogP contribution in [0.5, 0.6) is 0 Å². The van der Waals surface area contributed by atoms with Crippen molar-refractivity contribution in [3.8, 4) is 5.69 Å². The van der Waals surface area contributed by atoms with Gasteiger partial charge in [-0.25, -0.2) is 9.48 Å². The maximum absolute atomic E-state index is 10.7. The number of benzene rings is 1. The Morgan fingerprint density at radius 2 is 2.06 bits per heavy atom. The van der Waals surface area contributed by atoms with Gasteiger partial charge in [0, 0.05) is 17.3 Å². The Labute approximate surface area is 98.8 Å². The van der Waals surface area contributed by atoms with E-state index < -0.39 is 5.97 Å². The van der Waals surface area contributed by atoms with Crippen molar-refractivity contribution in [1.82, 2.24) is 9.78 Å². The molecule has 4 nitrogen and oxygen atoms in total. The Morgan fingerprint density at radius 3 is 2.71 bits per heavy atom. The molecule has 0 aliphatic carbocycles. The van der Waals surface area contributed by atoms with Crippen molar-refractivity contribution in [2.24, 2.45) is 0 Å². The van der Waals surface area contributed by atoms with Gasteiger partial charge in [-0.2, -0.15) is 5.10 Å². The molecule has 0 spiro atoms. The SMILES string of the molecule is CC(=Cc1cnn(-c2ccccc2)c1)C(=O)O. The lowest BCUT2D eigenvalue weighted by Gasteiger charge is -1.98. The first-order valence-corrected chi connectivity index (χ1v) is 5.18. The first-order chi connectivity index (χ1) is 8.16. The smallest absolute Gasteiger partial charge is 0.331 e. The lowest BCUT2D eigenvalue weighted by molar-refractivity contribution is -0.132. The van der Waals surface area contributed by atoms with Gasteiger partial charge in [-0.05, 0) is 25.1 Å². The van der Waals surface area contributed by atoms with Crippen LogP contribution in [0.1, 0.15) is 12.5 Å². The summed E-state index contributed by atoms with van der Waals surface area (Å²) in [5.41, 5.74) is 2.01. The van der Waals surface area contributed by atoms with Gasteiger partial charge in [0.1, 0.15) is 0 Å². The van der Waals surface area contributed by atoms with Gasteiger partial charge in [0.2, 0.25) is 0 Å². The van der Waals surface area contributed by atoms with E-state index in [1.54, 1.807) is 30.1 Å². The minimum Gasteiger partial charge on any atom is -0.478 e. The first-order valence-electron chi connectivity index (χ1n) is 5.18. The lowest BCUT2D eigenvalue weighted by atomic mass is 10.2. The fraction of sp³-hybridized carbons (Fsp3) is 0.0769. The highest BCUT2D eigenvalue weighted by Gasteiger charge is 2.02. The number of carboxylic acid groups (broad SMARTS) is 1. The van der Waals surface area contributed by atoms with Crippen LogP contribution < -0.4 is 0 Å². The van der Waals surface area contributed by atoms with Crippen LogP contribution in [0.2, 0.25) is 0 Å². The first kappa shape index (κ1) is 11.1. The second-order valence-corrected chi connectivity index (χ2v) is 3.69. The van der Waals surface area contributed by atoms with Crippen LogP contribution in [0.4, 0.5) is 0 Å². The molecule has 0 radical (unpaired) electrons. The molecule has 0 aliphatic heterocycles. The maximum Gasteiger partial charge on any atom is 0.331 e. The molecule has 1 N–H and O–H groups in total. The number of nitrogens with zero attached hydrogens (tertiary/aromatic N) is 2. The molecule has 0 atom stereocenters. The molecule has 0 bridgehead atoms. The van der Waals surface area contributed by atoms with Crippen molar-refractivity contribution < 1.29 is 9.90 Å². The zero-order chi connectivity index (χ0) is 12.3. The fourth-order valence-electron chi connectivity index (χ4n) is 1.44. The highest BCUT2D eigenvalue weighted by atomic mass is 16.4. The maximum atomic E-state index is 10.7. The van der Waals surface area contributed by atoms with Gasteiger partial charge < -0.3 is 5.11 Å². The van der Waals surface area contributed by atoms with Crippen LogP contribution in [0.3, 0.4) is 0 Å². The Morgan fingerprint density at radius 1 is 1.35 bits per heavy atom. The third-order valence-electron chi connectivity index (χ3n) is 2.34. The topological polar surface area (TPSA) is 55.1 Å². The number of aromatic nitrogens is 2. The Balaban J connectivity index is 2.29. The highest BCUT2D eigenvalue weighted by Crippen LogP contribution is 2.10. The van der Waals surface area contributed by atoms with E-state index in [0.717, 1.165) is 11.3 Å². The van der Waals surface area contributed by atoms with Gasteiger partial charge >= 0.3 is 5.97 Å². The zero-order valence-corrected chi connectivity index (χ0v) is 9.37. The number of para-hydroxylation sites is 1. The molecule has 1 heterocycles. The molecule has 2 aromatic rings. The van der Waals surface area contributed by atoms with Crippen LogP contribution in [0.25, 0.3) is 11.8 Å². The average Bonchev–Trinajstić information content (AvgIpc) is 2.78. The van der Waals surface area contributed by atoms with E-state index in [9.17, 15) is 4.79 Å². The molecule has 86 valence electrons. The van der Waals surface area contributed by atoms with Crippen molar-refractivity contribution in [2.45, 2.75) is 6.92 Å². The number of hydrogen-bond donors (Lipinski definition) is 1. The van der Waals surface area contributed by atoms with Crippen molar-refractivity contribution in [2.75, 3.05) is 0 Å². The number of aliphatic carboxylic acids is 1. The lowest BCUT2D eigenvalue weighted by Crippen LogP contribution is -1.95. The minimum absolute atomic E-state index is 0.289. The van der Waals surface area contributed by atoms with E-state index in [4.69, 9.17) is 5.11 Å². The van der Waals surface area contributed by atoms with Crippen molar-refractivity contribution in [3.05, 3.63) is 53.9 Å². The van der Waals surface area contributed by atoms with Crippen LogP contribution >= 0.6 is 0 Å². The minimum atomic E-state index is -0.919. The molecule has 0 unspecified atom stereocenters. The second kappa shape index (κ2) is 4.65. The largest absolute Gasteiger partial charge is 0.478 e. The molecular weight excluding hydrogens is 216 g/mol. The number of carbonyl (C=O) groups is 1. The molecule has 0 saturated heterocycles. The summed E-state index contributed by atoms with van der Waals surface area (Å²) >= 11 is 0. The normalized spacial score (nSPS) is 11.5. The van der Waals surface area contributed by atoms with Gasteiger partial charge in [-0.1, -0.05) is 18.2 Å². The van der Waals surface area contributed by atoms with Gasteiger partial charge in [0.05, 0.1) is 11.9 Å². The fourth-order valence-corrected chi connectivity index (χ4v) is 1.44. The van der Waals surface area contributed by atoms with Gasteiger partial charge in [-0.15, -0.1) is 0 Å². The van der Waals surface area contributed by atoms with Crippen LogP contribution in [0, 0.1) is 0 Å². The molecule has 0 saturated carbocycles. The van der Waals surface area contributed by atoms with Crippen molar-refractivity contribution >= 4 is 12.0 Å². The zero-order valence-electron chi connectivity index (χ0n) is 9.37. The van der Waals surface area contributed by atoms with E-state index in [1.165, 1.54) is 0 Å². The predicted molar refractivity (Wildman–Crippen MR) is 64.9 cm³/mol. The molecule has 0 amide bonds. The van der Waals surface area contributed by atoms with Crippen molar-refractivity contribution in [3.63, 3.8) is 0 Å². The summed E-state index contributed by atoms with van der Waals surface area (Å²) in [6.07, 6.45) is 5.02. The van der Waals surface area contributed by atoms with E-state index in [2.05, 4.69) is 5.10 Å². The molecule has 2 rings (SSSR count). The Kier molecular flexibility index (Phi) is 3.05. The second-order valence-electron chi connectivity index (χ2n) is 3.69. The molecule has 1 aromatic heterocycles. The molecular formula is C13H12N2O2. The summed E-state index contributed by atoms with van der Waals surface area (Å²) < 4.78 is 1.71. The highest BCUT2D eigenvalue weighted by molar-refractivity contribution is 5.91. The van der Waals surface area contributed by atoms with E-state index >= 15 is 0 Å². The monoisotopic (exact) mass is 228 g/mol. The quantitative estimate of drug-likeness (QED) is 0.820.